The van der Waals surface area contributed by atoms with Crippen molar-refractivity contribution in [3.05, 3.63) is 81.8 Å². The van der Waals surface area contributed by atoms with Crippen molar-refractivity contribution in [2.75, 3.05) is 5.32 Å². The number of carbonyl (C=O) groups is 1. The van der Waals surface area contributed by atoms with Crippen LogP contribution in [0, 0.1) is 17.0 Å². The van der Waals surface area contributed by atoms with Crippen molar-refractivity contribution < 1.29 is 18.9 Å². The summed E-state index contributed by atoms with van der Waals surface area (Å²) in [6.45, 7) is 1.95. The molecular formula is C20H15N3O5S. The van der Waals surface area contributed by atoms with E-state index in [9.17, 15) is 14.9 Å². The highest BCUT2D eigenvalue weighted by Crippen LogP contribution is 2.28. The Labute approximate surface area is 168 Å². The molecule has 1 N–H and O–H groups in total. The number of benzene rings is 2. The van der Waals surface area contributed by atoms with Crippen molar-refractivity contribution in [3.63, 3.8) is 0 Å². The van der Waals surface area contributed by atoms with Gasteiger partial charge in [-0.1, -0.05) is 29.5 Å². The van der Waals surface area contributed by atoms with Crippen LogP contribution in [-0.4, -0.2) is 15.8 Å². The third-order valence-corrected chi connectivity index (χ3v) is 5.02. The number of aryl methyl sites for hydroxylation is 1. The number of nitro benzene ring substituents is 1. The summed E-state index contributed by atoms with van der Waals surface area (Å²) in [7, 11) is 0. The first-order chi connectivity index (χ1) is 14.0. The van der Waals surface area contributed by atoms with Gasteiger partial charge in [-0.25, -0.2) is 4.98 Å². The number of hydrogen-bond acceptors (Lipinski definition) is 7. The molecule has 2 heterocycles. The van der Waals surface area contributed by atoms with Gasteiger partial charge >= 0.3 is 5.69 Å². The van der Waals surface area contributed by atoms with Crippen LogP contribution in [0.15, 0.2) is 59.0 Å². The molecule has 8 nitrogen and oxygen atoms in total. The SMILES string of the molecule is Cc1ccc2nc(NC(=O)c3ccc(COc4ccccc4[N+](=O)[O-])o3)sc2c1. The molecule has 0 unspecified atom stereocenters. The summed E-state index contributed by atoms with van der Waals surface area (Å²) in [5.74, 6) is 0.164. The van der Waals surface area contributed by atoms with Crippen LogP contribution >= 0.6 is 11.3 Å². The fraction of sp³-hybridized carbons (Fsp3) is 0.100. The maximum Gasteiger partial charge on any atom is 0.310 e. The van der Waals surface area contributed by atoms with E-state index in [4.69, 9.17) is 9.15 Å². The Morgan fingerprint density at radius 2 is 2.07 bits per heavy atom. The first kappa shape index (κ1) is 18.6. The normalized spacial score (nSPS) is 10.8. The molecule has 0 saturated heterocycles. The van der Waals surface area contributed by atoms with Crippen molar-refractivity contribution in [2.24, 2.45) is 0 Å². The van der Waals surface area contributed by atoms with Crippen LogP contribution in [0.5, 0.6) is 5.75 Å². The van der Waals surface area contributed by atoms with Gasteiger partial charge in [0.15, 0.2) is 16.6 Å². The van der Waals surface area contributed by atoms with E-state index in [2.05, 4.69) is 10.3 Å². The number of ether oxygens (including phenoxy) is 1. The minimum Gasteiger partial charge on any atom is -0.479 e. The molecule has 0 radical (unpaired) electrons. The fourth-order valence-electron chi connectivity index (χ4n) is 2.70. The number of carbonyl (C=O) groups excluding carboxylic acids is 1. The molecule has 1 amide bonds. The summed E-state index contributed by atoms with van der Waals surface area (Å²) >= 11 is 1.38. The number of thiazole rings is 1. The van der Waals surface area contributed by atoms with E-state index in [1.54, 1.807) is 18.2 Å². The maximum atomic E-state index is 12.4. The van der Waals surface area contributed by atoms with Crippen LogP contribution in [0.2, 0.25) is 0 Å². The second kappa shape index (κ2) is 7.72. The zero-order valence-corrected chi connectivity index (χ0v) is 16.1. The van der Waals surface area contributed by atoms with Crippen LogP contribution in [0.1, 0.15) is 21.9 Å². The van der Waals surface area contributed by atoms with Gasteiger partial charge in [0.1, 0.15) is 12.4 Å². The molecule has 146 valence electrons. The fourth-order valence-corrected chi connectivity index (χ4v) is 3.66. The molecule has 9 heteroatoms. The quantitative estimate of drug-likeness (QED) is 0.357. The third kappa shape index (κ3) is 4.09. The van der Waals surface area contributed by atoms with Gasteiger partial charge in [-0.05, 0) is 42.8 Å². The topological polar surface area (TPSA) is 108 Å². The molecule has 29 heavy (non-hydrogen) atoms. The molecule has 2 aromatic carbocycles. The summed E-state index contributed by atoms with van der Waals surface area (Å²) in [6, 6.07) is 15.0. The Morgan fingerprint density at radius 3 is 2.90 bits per heavy atom. The monoisotopic (exact) mass is 409 g/mol. The number of nitrogens with one attached hydrogen (secondary N) is 1. The number of rotatable bonds is 6. The molecule has 0 bridgehead atoms. The molecule has 0 aliphatic carbocycles. The van der Waals surface area contributed by atoms with Crippen LogP contribution in [-0.2, 0) is 6.61 Å². The first-order valence-corrected chi connectivity index (χ1v) is 9.45. The average molecular weight is 409 g/mol. The Bertz CT molecular complexity index is 1210. The van der Waals surface area contributed by atoms with Crippen molar-refractivity contribution in [3.8, 4) is 5.75 Å². The second-order valence-corrected chi connectivity index (χ2v) is 7.25. The van der Waals surface area contributed by atoms with E-state index in [0.29, 0.717) is 10.9 Å². The summed E-state index contributed by atoms with van der Waals surface area (Å²) < 4.78 is 12.0. The molecule has 0 fully saturated rings. The summed E-state index contributed by atoms with van der Waals surface area (Å²) in [5.41, 5.74) is 1.80. The van der Waals surface area contributed by atoms with Crippen LogP contribution in [0.3, 0.4) is 0 Å². The summed E-state index contributed by atoms with van der Waals surface area (Å²) in [4.78, 5) is 27.3. The standard InChI is InChI=1S/C20H15N3O5S/c1-12-6-8-14-18(10-12)29-20(21-14)22-19(24)17-9-7-13(28-17)11-27-16-5-3-2-4-15(16)23(25)26/h2-10H,11H2,1H3,(H,21,22,24). The first-order valence-electron chi connectivity index (χ1n) is 8.63. The molecule has 0 atom stereocenters. The van der Waals surface area contributed by atoms with Gasteiger partial charge in [0.25, 0.3) is 5.91 Å². The Balaban J connectivity index is 1.43. The van der Waals surface area contributed by atoms with E-state index in [1.165, 1.54) is 29.5 Å². The van der Waals surface area contributed by atoms with Gasteiger partial charge in [-0.2, -0.15) is 0 Å². The Morgan fingerprint density at radius 1 is 1.24 bits per heavy atom. The van der Waals surface area contributed by atoms with Gasteiger partial charge in [0, 0.05) is 6.07 Å². The average Bonchev–Trinajstić information content (AvgIpc) is 3.32. The number of amides is 1. The molecular weight excluding hydrogens is 394 g/mol. The lowest BCUT2D eigenvalue weighted by atomic mass is 10.2. The van der Waals surface area contributed by atoms with Crippen LogP contribution < -0.4 is 10.1 Å². The van der Waals surface area contributed by atoms with Crippen molar-refractivity contribution in [2.45, 2.75) is 13.5 Å². The lowest BCUT2D eigenvalue weighted by Gasteiger charge is -2.04. The lowest BCUT2D eigenvalue weighted by Crippen LogP contribution is -2.10. The predicted octanol–water partition coefficient (Wildman–Crippen LogP) is 4.94. The Hall–Kier alpha value is -3.72. The van der Waals surface area contributed by atoms with E-state index >= 15 is 0 Å². The summed E-state index contributed by atoms with van der Waals surface area (Å²) in [5, 5.41) is 14.2. The van der Waals surface area contributed by atoms with Gasteiger partial charge in [0.05, 0.1) is 15.1 Å². The van der Waals surface area contributed by atoms with Crippen molar-refractivity contribution >= 4 is 38.3 Å². The minimum atomic E-state index is -0.518. The Kier molecular flexibility index (Phi) is 4.96. The minimum absolute atomic E-state index is 0.0431. The lowest BCUT2D eigenvalue weighted by molar-refractivity contribution is -0.386. The summed E-state index contributed by atoms with van der Waals surface area (Å²) in [6.07, 6.45) is 0. The van der Waals surface area contributed by atoms with E-state index in [1.807, 2.05) is 25.1 Å². The smallest absolute Gasteiger partial charge is 0.310 e. The largest absolute Gasteiger partial charge is 0.479 e. The molecule has 4 rings (SSSR count). The molecule has 0 saturated carbocycles. The third-order valence-electron chi connectivity index (χ3n) is 4.08. The molecule has 0 aliphatic rings. The zero-order valence-electron chi connectivity index (χ0n) is 15.2. The number of fused-ring (bicyclic) bond motifs is 1. The molecule has 2 aromatic heterocycles. The highest BCUT2D eigenvalue weighted by Gasteiger charge is 2.17. The number of hydrogen-bond donors (Lipinski definition) is 1. The molecule has 0 spiro atoms. The number of para-hydroxylation sites is 2. The number of aromatic nitrogens is 1. The van der Waals surface area contributed by atoms with E-state index in [0.717, 1.165) is 15.8 Å². The van der Waals surface area contributed by atoms with Gasteiger partial charge in [-0.15, -0.1) is 0 Å². The van der Waals surface area contributed by atoms with Crippen LogP contribution in [0.4, 0.5) is 10.8 Å². The van der Waals surface area contributed by atoms with Crippen molar-refractivity contribution in [1.29, 1.82) is 0 Å². The number of furan rings is 1. The highest BCUT2D eigenvalue weighted by atomic mass is 32.1. The molecule has 0 aliphatic heterocycles. The van der Waals surface area contributed by atoms with E-state index < -0.39 is 10.8 Å². The van der Waals surface area contributed by atoms with E-state index in [-0.39, 0.29) is 23.8 Å². The number of nitrogens with zero attached hydrogens (tertiary/aromatic N) is 2. The van der Waals surface area contributed by atoms with Gasteiger partial charge < -0.3 is 9.15 Å². The molecule has 4 aromatic rings. The van der Waals surface area contributed by atoms with Gasteiger partial charge in [-0.3, -0.25) is 20.2 Å². The number of anilines is 1. The zero-order chi connectivity index (χ0) is 20.4. The predicted molar refractivity (Wildman–Crippen MR) is 108 cm³/mol. The second-order valence-electron chi connectivity index (χ2n) is 6.22. The highest BCUT2D eigenvalue weighted by molar-refractivity contribution is 7.22. The maximum absolute atomic E-state index is 12.4. The van der Waals surface area contributed by atoms with Gasteiger partial charge in [0.2, 0.25) is 0 Å². The van der Waals surface area contributed by atoms with Crippen LogP contribution in [0.25, 0.3) is 10.2 Å². The number of nitro groups is 1. The van der Waals surface area contributed by atoms with Crippen molar-refractivity contribution in [1.82, 2.24) is 4.98 Å².